The van der Waals surface area contributed by atoms with Crippen LogP contribution in [0.4, 0.5) is 4.79 Å². The first-order chi connectivity index (χ1) is 17.8. The Kier molecular flexibility index (Phi) is 9.16. The fraction of sp³-hybridized carbons (Fsp3) is 0.519. The number of carbonyl (C=O) groups is 2. The monoisotopic (exact) mass is 548 g/mol. The molecule has 1 saturated heterocycles. The summed E-state index contributed by atoms with van der Waals surface area (Å²) in [5.74, 6) is -0.224. The van der Waals surface area contributed by atoms with Gasteiger partial charge < -0.3 is 24.8 Å². The quantitative estimate of drug-likeness (QED) is 0.496. The standard InChI is InChI=1S/C27H34Cl2N4O4/c1-3-37-27(36)31-10-6-17-12-19(25(29)23(28)13-17)16-33(20-4-5-20)26(35)22-15-30-9-7-21(22)18-8-11-32(2)24(34)14-18/h8,11-14,20-22,30H,3-7,9-10,15-16H2,1-2H3,(H,31,36)/t21-,22?/m1/s1. The van der Waals surface area contributed by atoms with Gasteiger partial charge in [-0.1, -0.05) is 29.3 Å². The molecule has 37 heavy (non-hydrogen) atoms. The van der Waals surface area contributed by atoms with Gasteiger partial charge in [0.25, 0.3) is 5.56 Å². The van der Waals surface area contributed by atoms with E-state index in [1.54, 1.807) is 36.9 Å². The number of amides is 2. The number of hydrogen-bond donors (Lipinski definition) is 2. The lowest BCUT2D eigenvalue weighted by Gasteiger charge is -2.36. The fourth-order valence-electron chi connectivity index (χ4n) is 4.94. The molecule has 1 saturated carbocycles. The average Bonchev–Trinajstić information content (AvgIpc) is 3.72. The summed E-state index contributed by atoms with van der Waals surface area (Å²) in [7, 11) is 1.72. The van der Waals surface area contributed by atoms with Crippen molar-refractivity contribution in [2.45, 2.75) is 51.1 Å². The highest BCUT2D eigenvalue weighted by molar-refractivity contribution is 6.42. The zero-order chi connectivity index (χ0) is 26.5. The molecule has 1 aromatic heterocycles. The molecule has 1 unspecified atom stereocenters. The minimum Gasteiger partial charge on any atom is -0.450 e. The first-order valence-corrected chi connectivity index (χ1v) is 13.6. The van der Waals surface area contributed by atoms with Gasteiger partial charge in [-0.25, -0.2) is 4.79 Å². The van der Waals surface area contributed by atoms with Crippen LogP contribution in [0.5, 0.6) is 0 Å². The van der Waals surface area contributed by atoms with Crippen LogP contribution in [0.1, 0.15) is 48.8 Å². The van der Waals surface area contributed by atoms with Gasteiger partial charge in [0.1, 0.15) is 0 Å². The highest BCUT2D eigenvalue weighted by Crippen LogP contribution is 2.37. The summed E-state index contributed by atoms with van der Waals surface area (Å²) in [4.78, 5) is 39.8. The maximum absolute atomic E-state index is 14.0. The zero-order valence-corrected chi connectivity index (χ0v) is 22.8. The van der Waals surface area contributed by atoms with Crippen LogP contribution in [-0.2, 0) is 29.5 Å². The van der Waals surface area contributed by atoms with E-state index in [9.17, 15) is 14.4 Å². The Labute approximate surface area is 227 Å². The molecule has 1 aliphatic carbocycles. The van der Waals surface area contributed by atoms with Crippen molar-refractivity contribution in [3.8, 4) is 0 Å². The molecule has 0 radical (unpaired) electrons. The van der Waals surface area contributed by atoms with Gasteiger partial charge in [0.2, 0.25) is 5.91 Å². The molecule has 2 heterocycles. The molecule has 2 N–H and O–H groups in total. The number of aromatic nitrogens is 1. The van der Waals surface area contributed by atoms with Gasteiger partial charge in [0.05, 0.1) is 22.6 Å². The summed E-state index contributed by atoms with van der Waals surface area (Å²) >= 11 is 13.1. The van der Waals surface area contributed by atoms with Crippen LogP contribution >= 0.6 is 23.2 Å². The largest absolute Gasteiger partial charge is 0.450 e. The van der Waals surface area contributed by atoms with Gasteiger partial charge in [-0.05, 0) is 73.9 Å². The summed E-state index contributed by atoms with van der Waals surface area (Å²) in [6.45, 7) is 4.19. The third kappa shape index (κ3) is 6.86. The van der Waals surface area contributed by atoms with E-state index < -0.39 is 6.09 Å². The van der Waals surface area contributed by atoms with E-state index in [-0.39, 0.29) is 29.3 Å². The normalized spacial score (nSPS) is 19.4. The van der Waals surface area contributed by atoms with Crippen molar-refractivity contribution in [2.75, 3.05) is 26.2 Å². The molecule has 2 aromatic rings. The fourth-order valence-corrected chi connectivity index (χ4v) is 5.37. The maximum atomic E-state index is 14.0. The van der Waals surface area contributed by atoms with Crippen molar-refractivity contribution < 1.29 is 14.3 Å². The number of alkyl carbamates (subject to hydrolysis) is 1. The van der Waals surface area contributed by atoms with Crippen LogP contribution in [-0.4, -0.2) is 53.8 Å². The number of nitrogens with zero attached hydrogens (tertiary/aromatic N) is 2. The molecule has 2 atom stereocenters. The van der Waals surface area contributed by atoms with Crippen molar-refractivity contribution in [3.63, 3.8) is 0 Å². The van der Waals surface area contributed by atoms with Crippen LogP contribution in [0.2, 0.25) is 10.0 Å². The van der Waals surface area contributed by atoms with Crippen molar-refractivity contribution in [1.82, 2.24) is 20.1 Å². The number of rotatable bonds is 9. The number of ether oxygens (including phenoxy) is 1. The number of carbonyl (C=O) groups excluding carboxylic acids is 2. The maximum Gasteiger partial charge on any atom is 0.407 e. The van der Waals surface area contributed by atoms with Crippen LogP contribution < -0.4 is 16.2 Å². The summed E-state index contributed by atoms with van der Waals surface area (Å²) < 4.78 is 6.44. The molecule has 2 fully saturated rings. The number of pyridine rings is 1. The van der Waals surface area contributed by atoms with E-state index >= 15 is 0 Å². The summed E-state index contributed by atoms with van der Waals surface area (Å²) in [6.07, 6.45) is 4.56. The van der Waals surface area contributed by atoms with Gasteiger partial charge in [0.15, 0.2) is 0 Å². The molecule has 2 aliphatic rings. The lowest BCUT2D eigenvalue weighted by atomic mass is 9.80. The highest BCUT2D eigenvalue weighted by Gasteiger charge is 2.40. The van der Waals surface area contributed by atoms with Gasteiger partial charge in [-0.2, -0.15) is 0 Å². The molecular formula is C27H34Cl2N4O4. The lowest BCUT2D eigenvalue weighted by molar-refractivity contribution is -0.138. The SMILES string of the molecule is CCOC(=O)NCCc1cc(Cl)c(Cl)c(CN(C(=O)C2CNCC[C@@H]2c2ccn(C)c(=O)c2)C2CC2)c1. The van der Waals surface area contributed by atoms with Gasteiger partial charge in [-0.15, -0.1) is 0 Å². The van der Waals surface area contributed by atoms with E-state index in [0.717, 1.165) is 42.5 Å². The predicted molar refractivity (Wildman–Crippen MR) is 144 cm³/mol. The van der Waals surface area contributed by atoms with E-state index in [1.807, 2.05) is 17.0 Å². The van der Waals surface area contributed by atoms with Crippen molar-refractivity contribution in [2.24, 2.45) is 13.0 Å². The van der Waals surface area contributed by atoms with Crippen LogP contribution in [0.15, 0.2) is 35.3 Å². The number of piperidine rings is 1. The van der Waals surface area contributed by atoms with E-state index in [1.165, 1.54) is 0 Å². The number of nitrogens with one attached hydrogen (secondary N) is 2. The summed E-state index contributed by atoms with van der Waals surface area (Å²) in [6, 6.07) is 7.52. The third-order valence-electron chi connectivity index (χ3n) is 7.09. The summed E-state index contributed by atoms with van der Waals surface area (Å²) in [5.41, 5.74) is 2.55. The molecule has 0 bridgehead atoms. The number of aryl methyl sites for hydroxylation is 1. The van der Waals surface area contributed by atoms with Crippen LogP contribution in [0.3, 0.4) is 0 Å². The van der Waals surface area contributed by atoms with E-state index in [4.69, 9.17) is 27.9 Å². The molecule has 10 heteroatoms. The molecule has 1 aliphatic heterocycles. The second-order valence-electron chi connectivity index (χ2n) is 9.76. The van der Waals surface area contributed by atoms with Crippen molar-refractivity contribution in [3.05, 3.63) is 67.6 Å². The minimum absolute atomic E-state index is 0.0248. The third-order valence-corrected chi connectivity index (χ3v) is 7.93. The smallest absolute Gasteiger partial charge is 0.407 e. The van der Waals surface area contributed by atoms with E-state index in [2.05, 4.69) is 10.6 Å². The number of halogens is 2. The van der Waals surface area contributed by atoms with Gasteiger partial charge >= 0.3 is 6.09 Å². The van der Waals surface area contributed by atoms with Crippen LogP contribution in [0.25, 0.3) is 0 Å². The molecule has 1 aromatic carbocycles. The number of hydrogen-bond acceptors (Lipinski definition) is 5. The molecule has 0 spiro atoms. The Morgan fingerprint density at radius 1 is 1.22 bits per heavy atom. The van der Waals surface area contributed by atoms with Crippen LogP contribution in [0, 0.1) is 5.92 Å². The second-order valence-corrected chi connectivity index (χ2v) is 10.5. The van der Waals surface area contributed by atoms with E-state index in [0.29, 0.717) is 42.7 Å². The number of benzene rings is 1. The molecule has 200 valence electrons. The Morgan fingerprint density at radius 3 is 2.70 bits per heavy atom. The predicted octanol–water partition coefficient (Wildman–Crippen LogP) is 3.87. The highest BCUT2D eigenvalue weighted by atomic mass is 35.5. The van der Waals surface area contributed by atoms with Crippen molar-refractivity contribution in [1.29, 1.82) is 0 Å². The second kappa shape index (κ2) is 12.3. The Balaban J connectivity index is 1.53. The van der Waals surface area contributed by atoms with Gasteiger partial charge in [-0.3, -0.25) is 9.59 Å². The molecule has 2 amide bonds. The molecular weight excluding hydrogens is 515 g/mol. The first-order valence-electron chi connectivity index (χ1n) is 12.8. The Morgan fingerprint density at radius 2 is 2.00 bits per heavy atom. The summed E-state index contributed by atoms with van der Waals surface area (Å²) in [5, 5.41) is 6.94. The Bertz CT molecular complexity index is 1200. The van der Waals surface area contributed by atoms with Gasteiger partial charge in [0, 0.05) is 45.0 Å². The topological polar surface area (TPSA) is 92.7 Å². The Hall–Kier alpha value is -2.55. The van der Waals surface area contributed by atoms with Crippen molar-refractivity contribution >= 4 is 35.2 Å². The molecule has 4 rings (SSSR count). The average molecular weight is 549 g/mol. The molecule has 8 nitrogen and oxygen atoms in total. The lowest BCUT2D eigenvalue weighted by Crippen LogP contribution is -2.47. The minimum atomic E-state index is -0.458. The first kappa shape index (κ1) is 27.5. The zero-order valence-electron chi connectivity index (χ0n) is 21.3.